The highest BCUT2D eigenvalue weighted by Gasteiger charge is 2.08. The van der Waals surface area contributed by atoms with Gasteiger partial charge in [-0.3, -0.25) is 4.99 Å². The molecule has 0 aliphatic heterocycles. The molecular weight excluding hydrogens is 469 g/mol. The number of benzene rings is 1. The molecule has 0 saturated carbocycles. The van der Waals surface area contributed by atoms with Crippen LogP contribution in [0.3, 0.4) is 0 Å². The van der Waals surface area contributed by atoms with Gasteiger partial charge in [0, 0.05) is 47.6 Å². The Balaban J connectivity index is 0.00000261. The summed E-state index contributed by atoms with van der Waals surface area (Å²) >= 11 is 1.85. The third-order valence-corrected chi connectivity index (χ3v) is 5.05. The third kappa shape index (κ3) is 6.35. The smallest absolute Gasteiger partial charge is 0.191 e. The monoisotopic (exact) mass is 495 g/mol. The molecule has 1 unspecified atom stereocenters. The number of nitrogens with zero attached hydrogens (tertiary/aromatic N) is 3. The van der Waals surface area contributed by atoms with Gasteiger partial charge in [0.2, 0.25) is 0 Å². The van der Waals surface area contributed by atoms with Crippen molar-refractivity contribution in [1.29, 1.82) is 0 Å². The lowest BCUT2D eigenvalue weighted by Crippen LogP contribution is -2.42. The number of aryl methyl sites for hydroxylation is 1. The van der Waals surface area contributed by atoms with Gasteiger partial charge in [0.15, 0.2) is 5.96 Å². The van der Waals surface area contributed by atoms with E-state index in [2.05, 4.69) is 46.7 Å². The summed E-state index contributed by atoms with van der Waals surface area (Å²) < 4.78 is 1.88. The lowest BCUT2D eigenvalue weighted by Gasteiger charge is -2.17. The fraction of sp³-hybridized carbons (Fsp3) is 0.300. The van der Waals surface area contributed by atoms with Crippen LogP contribution in [0.25, 0.3) is 5.69 Å². The predicted molar refractivity (Wildman–Crippen MR) is 125 cm³/mol. The van der Waals surface area contributed by atoms with Crippen LogP contribution < -0.4 is 10.6 Å². The number of hydrogen-bond acceptors (Lipinski definition) is 3. The summed E-state index contributed by atoms with van der Waals surface area (Å²) in [6.07, 6.45) is 4.91. The van der Waals surface area contributed by atoms with Gasteiger partial charge < -0.3 is 10.6 Å². The Labute approximate surface area is 181 Å². The first-order valence-electron chi connectivity index (χ1n) is 8.75. The van der Waals surface area contributed by atoms with Crippen molar-refractivity contribution in [2.45, 2.75) is 32.9 Å². The van der Waals surface area contributed by atoms with Crippen LogP contribution in [0.15, 0.2) is 59.9 Å². The minimum atomic E-state index is 0. The van der Waals surface area contributed by atoms with Crippen LogP contribution >= 0.6 is 35.3 Å². The van der Waals surface area contributed by atoms with E-state index in [-0.39, 0.29) is 24.0 Å². The van der Waals surface area contributed by atoms with E-state index in [1.165, 1.54) is 9.75 Å². The molecule has 0 fully saturated rings. The molecule has 144 valence electrons. The molecule has 3 rings (SSSR count). The lowest BCUT2D eigenvalue weighted by atomic mass is 10.2. The normalized spacial score (nSPS) is 12.3. The number of aliphatic imine (C=N–C) groups is 1. The van der Waals surface area contributed by atoms with E-state index in [0.717, 1.165) is 23.6 Å². The molecule has 27 heavy (non-hydrogen) atoms. The highest BCUT2D eigenvalue weighted by atomic mass is 127. The molecule has 2 heterocycles. The van der Waals surface area contributed by atoms with E-state index in [4.69, 9.17) is 0 Å². The first-order valence-corrected chi connectivity index (χ1v) is 9.57. The summed E-state index contributed by atoms with van der Waals surface area (Å²) in [5, 5.41) is 11.2. The van der Waals surface area contributed by atoms with Crippen LogP contribution in [0.2, 0.25) is 0 Å². The highest BCUT2D eigenvalue weighted by Crippen LogP contribution is 2.16. The largest absolute Gasteiger partial charge is 0.354 e. The third-order valence-electron chi connectivity index (χ3n) is 4.03. The number of aromatic nitrogens is 2. The first-order chi connectivity index (χ1) is 12.6. The summed E-state index contributed by atoms with van der Waals surface area (Å²) in [7, 11) is 1.80. The van der Waals surface area contributed by atoms with Crippen LogP contribution in [-0.2, 0) is 13.0 Å². The Morgan fingerprint density at radius 2 is 2.00 bits per heavy atom. The van der Waals surface area contributed by atoms with Crippen molar-refractivity contribution < 1.29 is 0 Å². The summed E-state index contributed by atoms with van der Waals surface area (Å²) in [4.78, 5) is 7.07. The van der Waals surface area contributed by atoms with Crippen molar-refractivity contribution in [2.75, 3.05) is 7.05 Å². The second-order valence-electron chi connectivity index (χ2n) is 6.32. The second kappa shape index (κ2) is 10.5. The number of rotatable bonds is 6. The molecule has 7 heteroatoms. The Morgan fingerprint density at radius 3 is 2.67 bits per heavy atom. The van der Waals surface area contributed by atoms with Crippen LogP contribution in [-0.4, -0.2) is 28.8 Å². The molecule has 0 saturated heterocycles. The minimum Gasteiger partial charge on any atom is -0.354 e. The number of guanidine groups is 1. The van der Waals surface area contributed by atoms with Crippen LogP contribution in [0.4, 0.5) is 0 Å². The van der Waals surface area contributed by atoms with Gasteiger partial charge in [0.25, 0.3) is 0 Å². The molecule has 0 bridgehead atoms. The lowest BCUT2D eigenvalue weighted by molar-refractivity contribution is 0.645. The van der Waals surface area contributed by atoms with Crippen LogP contribution in [0.5, 0.6) is 0 Å². The summed E-state index contributed by atoms with van der Waals surface area (Å²) in [6.45, 7) is 5.00. The molecular formula is C20H26IN5S. The topological polar surface area (TPSA) is 54.2 Å². The highest BCUT2D eigenvalue weighted by molar-refractivity contribution is 14.0. The molecule has 2 aromatic heterocycles. The van der Waals surface area contributed by atoms with Gasteiger partial charge in [0.1, 0.15) is 0 Å². The fourth-order valence-electron chi connectivity index (χ4n) is 2.73. The quantitative estimate of drug-likeness (QED) is 0.307. The van der Waals surface area contributed by atoms with Crippen molar-refractivity contribution in [3.05, 3.63) is 70.2 Å². The molecule has 0 aliphatic rings. The van der Waals surface area contributed by atoms with Gasteiger partial charge in [-0.15, -0.1) is 35.3 Å². The molecule has 3 aromatic rings. The van der Waals surface area contributed by atoms with Gasteiger partial charge in [-0.2, -0.15) is 5.10 Å². The second-order valence-corrected chi connectivity index (χ2v) is 7.69. The fourth-order valence-corrected chi connectivity index (χ4v) is 3.75. The van der Waals surface area contributed by atoms with E-state index >= 15 is 0 Å². The first kappa shape index (κ1) is 21.4. The maximum absolute atomic E-state index is 4.43. The summed E-state index contributed by atoms with van der Waals surface area (Å²) in [5.74, 6) is 0.804. The van der Waals surface area contributed by atoms with Crippen molar-refractivity contribution >= 4 is 41.3 Å². The Hall–Kier alpha value is -1.87. The Kier molecular flexibility index (Phi) is 8.30. The van der Waals surface area contributed by atoms with Gasteiger partial charge in [0.05, 0.1) is 11.9 Å². The van der Waals surface area contributed by atoms with Crippen molar-refractivity contribution in [2.24, 2.45) is 4.99 Å². The predicted octanol–water partition coefficient (Wildman–Crippen LogP) is 4.16. The number of hydrogen-bond donors (Lipinski definition) is 2. The Morgan fingerprint density at radius 1 is 1.22 bits per heavy atom. The van der Waals surface area contributed by atoms with E-state index < -0.39 is 0 Å². The standard InChI is InChI=1S/C20H25N5S.HI/c1-15(11-19-10-9-16(2)26-19)24-20(21-3)22-12-17-13-23-25(14-17)18-7-5-4-6-8-18;/h4-10,13-15H,11-12H2,1-3H3,(H2,21,22,24);1H. The SMILES string of the molecule is CN=C(NCc1cnn(-c2ccccc2)c1)NC(C)Cc1ccc(C)s1.I. The average Bonchev–Trinajstić information content (AvgIpc) is 3.28. The number of thiophene rings is 1. The molecule has 2 N–H and O–H groups in total. The van der Waals surface area contributed by atoms with Gasteiger partial charge in [-0.05, 0) is 38.1 Å². The van der Waals surface area contributed by atoms with Crippen molar-refractivity contribution in [3.8, 4) is 5.69 Å². The summed E-state index contributed by atoms with van der Waals surface area (Å²) in [5.41, 5.74) is 2.17. The van der Waals surface area contributed by atoms with Gasteiger partial charge >= 0.3 is 0 Å². The molecule has 0 radical (unpaired) electrons. The molecule has 0 aliphatic carbocycles. The molecule has 0 spiro atoms. The minimum absolute atomic E-state index is 0. The maximum atomic E-state index is 4.43. The van der Waals surface area contributed by atoms with Crippen molar-refractivity contribution in [1.82, 2.24) is 20.4 Å². The zero-order valence-electron chi connectivity index (χ0n) is 15.8. The average molecular weight is 495 g/mol. The number of halogens is 1. The molecule has 0 amide bonds. The van der Waals surface area contributed by atoms with Crippen LogP contribution in [0, 0.1) is 6.92 Å². The zero-order chi connectivity index (χ0) is 18.4. The Bertz CT molecular complexity index is 856. The van der Waals surface area contributed by atoms with Crippen LogP contribution in [0.1, 0.15) is 22.2 Å². The van der Waals surface area contributed by atoms with E-state index in [1.807, 2.05) is 58.7 Å². The van der Waals surface area contributed by atoms with Gasteiger partial charge in [-0.25, -0.2) is 4.68 Å². The molecule has 1 atom stereocenters. The van der Waals surface area contributed by atoms with E-state index in [9.17, 15) is 0 Å². The number of nitrogens with one attached hydrogen (secondary N) is 2. The van der Waals surface area contributed by atoms with Gasteiger partial charge in [-0.1, -0.05) is 18.2 Å². The van der Waals surface area contributed by atoms with E-state index in [1.54, 1.807) is 7.05 Å². The zero-order valence-corrected chi connectivity index (χ0v) is 19.0. The molecule has 1 aromatic carbocycles. The number of para-hydroxylation sites is 1. The maximum Gasteiger partial charge on any atom is 0.191 e. The molecule has 5 nitrogen and oxygen atoms in total. The van der Waals surface area contributed by atoms with E-state index in [0.29, 0.717) is 12.6 Å². The summed E-state index contributed by atoms with van der Waals surface area (Å²) in [6, 6.07) is 14.8. The van der Waals surface area contributed by atoms with Crippen molar-refractivity contribution in [3.63, 3.8) is 0 Å².